The Morgan fingerprint density at radius 1 is 0.769 bits per heavy atom. The van der Waals surface area contributed by atoms with E-state index in [0.29, 0.717) is 22.7 Å². The highest BCUT2D eigenvalue weighted by atomic mass is 16.5. The van der Waals surface area contributed by atoms with Crippen LogP contribution >= 0.6 is 0 Å². The van der Waals surface area contributed by atoms with Gasteiger partial charge in [-0.3, -0.25) is 4.79 Å². The lowest BCUT2D eigenvalue weighted by atomic mass is 9.93. The maximum Gasteiger partial charge on any atom is 0.352 e. The van der Waals surface area contributed by atoms with Crippen molar-refractivity contribution in [3.05, 3.63) is 143 Å². The first-order valence-corrected chi connectivity index (χ1v) is 13.1. The fraction of sp³-hybridized carbons (Fsp3) is 0.171. The first-order chi connectivity index (χ1) is 18.9. The van der Waals surface area contributed by atoms with Gasteiger partial charge in [0.2, 0.25) is 0 Å². The lowest BCUT2D eigenvalue weighted by molar-refractivity contribution is -0.132. The zero-order valence-corrected chi connectivity index (χ0v) is 22.8. The molecule has 4 aromatic rings. The predicted molar refractivity (Wildman–Crippen MR) is 159 cm³/mol. The fourth-order valence-electron chi connectivity index (χ4n) is 4.33. The Morgan fingerprint density at radius 2 is 1.36 bits per heavy atom. The normalized spacial score (nSPS) is 11.9. The number of ether oxygens (including phenoxy) is 1. The Hall–Kier alpha value is -4.57. The van der Waals surface area contributed by atoms with E-state index in [1.165, 1.54) is 18.2 Å². The molecule has 0 amide bonds. The summed E-state index contributed by atoms with van der Waals surface area (Å²) in [7, 11) is 1.34. The topological polar surface area (TPSA) is 55.7 Å². The molecule has 4 aromatic carbocycles. The van der Waals surface area contributed by atoms with Crippen molar-refractivity contribution in [3.8, 4) is 0 Å². The smallest absolute Gasteiger partial charge is 0.352 e. The molecule has 0 bridgehead atoms. The van der Waals surface area contributed by atoms with Crippen LogP contribution < -0.4 is 0 Å². The van der Waals surface area contributed by atoms with Crippen LogP contribution in [0.1, 0.15) is 64.4 Å². The van der Waals surface area contributed by atoms with Crippen molar-refractivity contribution in [3.63, 3.8) is 0 Å². The standard InChI is InChI=1S/C35H33NO3/c1-24(2)26-18-20-28(21-19-26)30(27-16-14-25(3)15-17-27)22-23-33(35(38)39-4)36-32-13-9-8-12-31(32)34(37)29-10-6-5-7-11-29/h5-22,24H,23H2,1-4H3. The summed E-state index contributed by atoms with van der Waals surface area (Å²) in [4.78, 5) is 30.7. The molecule has 0 aliphatic rings. The Kier molecular flexibility index (Phi) is 9.01. The van der Waals surface area contributed by atoms with Crippen molar-refractivity contribution in [2.45, 2.75) is 33.1 Å². The Bertz CT molecular complexity index is 1500. The van der Waals surface area contributed by atoms with Crippen molar-refractivity contribution in [1.82, 2.24) is 0 Å². The van der Waals surface area contributed by atoms with Crippen LogP contribution in [-0.2, 0) is 9.53 Å². The number of methoxy groups -OCH3 is 1. The number of carbonyl (C=O) groups is 2. The predicted octanol–water partition coefficient (Wildman–Crippen LogP) is 8.12. The third-order valence-electron chi connectivity index (χ3n) is 6.61. The van der Waals surface area contributed by atoms with E-state index in [9.17, 15) is 9.59 Å². The lowest BCUT2D eigenvalue weighted by Gasteiger charge is -2.12. The minimum Gasteiger partial charge on any atom is -0.465 e. The van der Waals surface area contributed by atoms with Crippen LogP contribution in [0.5, 0.6) is 0 Å². The maximum absolute atomic E-state index is 13.2. The third kappa shape index (κ3) is 6.85. The summed E-state index contributed by atoms with van der Waals surface area (Å²) < 4.78 is 5.09. The molecule has 4 heteroatoms. The zero-order chi connectivity index (χ0) is 27.8. The first kappa shape index (κ1) is 27.5. The van der Waals surface area contributed by atoms with Gasteiger partial charge in [-0.1, -0.05) is 116 Å². The second kappa shape index (κ2) is 12.8. The van der Waals surface area contributed by atoms with Crippen LogP contribution in [-0.4, -0.2) is 24.6 Å². The van der Waals surface area contributed by atoms with Gasteiger partial charge in [-0.2, -0.15) is 0 Å². The second-order valence-corrected chi connectivity index (χ2v) is 9.73. The molecule has 0 aromatic heterocycles. The second-order valence-electron chi connectivity index (χ2n) is 9.73. The molecular weight excluding hydrogens is 482 g/mol. The van der Waals surface area contributed by atoms with E-state index in [1.54, 1.807) is 36.4 Å². The van der Waals surface area contributed by atoms with Crippen molar-refractivity contribution in [2.24, 2.45) is 4.99 Å². The van der Waals surface area contributed by atoms with Crippen LogP contribution in [0.3, 0.4) is 0 Å². The number of nitrogens with zero attached hydrogens (tertiary/aromatic N) is 1. The van der Waals surface area contributed by atoms with Gasteiger partial charge in [0.25, 0.3) is 0 Å². The molecule has 4 rings (SSSR count). The number of benzene rings is 4. The number of para-hydroxylation sites is 1. The summed E-state index contributed by atoms with van der Waals surface area (Å²) in [6, 6.07) is 33.0. The van der Waals surface area contributed by atoms with Crippen LogP contribution in [0.25, 0.3) is 5.57 Å². The number of allylic oxidation sites excluding steroid dienone is 1. The number of aryl methyl sites for hydroxylation is 1. The van der Waals surface area contributed by atoms with Gasteiger partial charge in [-0.25, -0.2) is 9.79 Å². The molecule has 0 aliphatic carbocycles. The van der Waals surface area contributed by atoms with Gasteiger partial charge < -0.3 is 4.74 Å². The molecule has 0 N–H and O–H groups in total. The highest BCUT2D eigenvalue weighted by molar-refractivity contribution is 6.37. The SMILES string of the molecule is COC(=O)C(CC=C(c1ccc(C)cc1)c1ccc(C(C)C)cc1)=Nc1ccccc1C(=O)c1ccccc1. The van der Waals surface area contributed by atoms with Crippen LogP contribution in [0.4, 0.5) is 5.69 Å². The van der Waals surface area contributed by atoms with E-state index in [2.05, 4.69) is 74.3 Å². The van der Waals surface area contributed by atoms with Gasteiger partial charge in [-0.15, -0.1) is 0 Å². The van der Waals surface area contributed by atoms with Crippen LogP contribution in [0.15, 0.2) is 114 Å². The number of aliphatic imine (C=N–C) groups is 1. The molecule has 0 atom stereocenters. The van der Waals surface area contributed by atoms with Crippen molar-refractivity contribution in [1.29, 1.82) is 0 Å². The van der Waals surface area contributed by atoms with E-state index in [-0.39, 0.29) is 17.9 Å². The maximum atomic E-state index is 13.2. The van der Waals surface area contributed by atoms with Crippen molar-refractivity contribution >= 4 is 28.7 Å². The van der Waals surface area contributed by atoms with Gasteiger partial charge in [0, 0.05) is 17.5 Å². The molecule has 0 heterocycles. The van der Waals surface area contributed by atoms with Gasteiger partial charge in [-0.05, 0) is 47.2 Å². The highest BCUT2D eigenvalue weighted by Crippen LogP contribution is 2.28. The molecule has 4 nitrogen and oxygen atoms in total. The van der Waals surface area contributed by atoms with E-state index in [1.807, 2.05) is 24.3 Å². The monoisotopic (exact) mass is 515 g/mol. The summed E-state index contributed by atoms with van der Waals surface area (Å²) in [5.41, 5.74) is 7.16. The quantitative estimate of drug-likeness (QED) is 0.128. The number of rotatable bonds is 9. The molecule has 0 fully saturated rings. The van der Waals surface area contributed by atoms with E-state index < -0.39 is 5.97 Å². The van der Waals surface area contributed by atoms with Crippen molar-refractivity contribution in [2.75, 3.05) is 7.11 Å². The molecule has 39 heavy (non-hydrogen) atoms. The fourth-order valence-corrected chi connectivity index (χ4v) is 4.33. The van der Waals surface area contributed by atoms with E-state index in [4.69, 9.17) is 4.74 Å². The first-order valence-electron chi connectivity index (χ1n) is 13.1. The molecule has 196 valence electrons. The summed E-state index contributed by atoms with van der Waals surface area (Å²) >= 11 is 0. The number of hydrogen-bond acceptors (Lipinski definition) is 4. The molecule has 0 aliphatic heterocycles. The van der Waals surface area contributed by atoms with Crippen LogP contribution in [0, 0.1) is 6.92 Å². The third-order valence-corrected chi connectivity index (χ3v) is 6.61. The van der Waals surface area contributed by atoms with Gasteiger partial charge >= 0.3 is 5.97 Å². The summed E-state index contributed by atoms with van der Waals surface area (Å²) in [5.74, 6) is -0.255. The Balaban J connectivity index is 1.76. The Labute approximate surface area is 230 Å². The molecule has 0 spiro atoms. The zero-order valence-electron chi connectivity index (χ0n) is 22.8. The molecule has 0 radical (unpaired) electrons. The molecular formula is C35H33NO3. The minimum absolute atomic E-state index is 0.153. The number of ketones is 1. The van der Waals surface area contributed by atoms with E-state index >= 15 is 0 Å². The lowest BCUT2D eigenvalue weighted by Crippen LogP contribution is -2.15. The largest absolute Gasteiger partial charge is 0.465 e. The van der Waals surface area contributed by atoms with Gasteiger partial charge in [0.15, 0.2) is 5.78 Å². The summed E-state index contributed by atoms with van der Waals surface area (Å²) in [6.07, 6.45) is 2.24. The van der Waals surface area contributed by atoms with Crippen molar-refractivity contribution < 1.29 is 14.3 Å². The summed E-state index contributed by atoms with van der Waals surface area (Å²) in [5, 5.41) is 0. The highest BCUT2D eigenvalue weighted by Gasteiger charge is 2.17. The number of hydrogen-bond donors (Lipinski definition) is 0. The van der Waals surface area contributed by atoms with Crippen LogP contribution in [0.2, 0.25) is 0 Å². The minimum atomic E-state index is -0.536. The van der Waals surface area contributed by atoms with Gasteiger partial charge in [0.05, 0.1) is 12.8 Å². The number of esters is 1. The molecule has 0 unspecified atom stereocenters. The van der Waals surface area contributed by atoms with E-state index in [0.717, 1.165) is 16.7 Å². The summed E-state index contributed by atoms with van der Waals surface area (Å²) in [6.45, 7) is 6.40. The molecule has 0 saturated heterocycles. The Morgan fingerprint density at radius 3 is 1.97 bits per heavy atom. The average Bonchev–Trinajstić information content (AvgIpc) is 2.97. The van der Waals surface area contributed by atoms with Gasteiger partial charge in [0.1, 0.15) is 5.71 Å². The average molecular weight is 516 g/mol. The molecule has 0 saturated carbocycles. The number of carbonyl (C=O) groups excluding carboxylic acids is 2.